The predicted molar refractivity (Wildman–Crippen MR) is 139 cm³/mol. The summed E-state index contributed by atoms with van der Waals surface area (Å²) < 4.78 is 18.9. The average molecular weight is 526 g/mol. The molecule has 0 saturated carbocycles. The topological polar surface area (TPSA) is 65.8 Å². The van der Waals surface area contributed by atoms with Gasteiger partial charge in [0, 0.05) is 27.0 Å². The summed E-state index contributed by atoms with van der Waals surface area (Å²) in [4.78, 5) is 32.0. The van der Waals surface area contributed by atoms with E-state index < -0.39 is 6.03 Å². The van der Waals surface area contributed by atoms with Crippen LogP contribution in [0.15, 0.2) is 83.5 Å². The lowest BCUT2D eigenvalue weighted by Crippen LogP contribution is -2.43. The van der Waals surface area contributed by atoms with Gasteiger partial charge in [-0.15, -0.1) is 11.3 Å². The standard InChI is InChI=1S/C27H25ClFN3O3S/c1-19-7-12-25(36-19)17-31(15-20-8-10-22(29)11-9-20)26(33)18-32(16-24-6-3-13-35-24)27(34)30-23-5-2-4-21(28)14-23/h2-14H,15-18H2,1H3,(H,30,34). The zero-order chi connectivity index (χ0) is 25.5. The van der Waals surface area contributed by atoms with Crippen LogP contribution in [0.5, 0.6) is 0 Å². The SMILES string of the molecule is Cc1ccc(CN(Cc2ccc(F)cc2)C(=O)CN(Cc2ccco2)C(=O)Nc2cccc(Cl)c2)s1. The van der Waals surface area contributed by atoms with E-state index >= 15 is 0 Å². The smallest absolute Gasteiger partial charge is 0.322 e. The number of nitrogens with zero attached hydrogens (tertiary/aromatic N) is 2. The van der Waals surface area contributed by atoms with Gasteiger partial charge in [-0.05, 0) is 67.1 Å². The first-order valence-corrected chi connectivity index (χ1v) is 12.5. The number of anilines is 1. The number of hydrogen-bond acceptors (Lipinski definition) is 4. The minimum absolute atomic E-state index is 0.105. The third-order valence-corrected chi connectivity index (χ3v) is 6.62. The molecule has 0 fully saturated rings. The van der Waals surface area contributed by atoms with Crippen LogP contribution in [0.2, 0.25) is 5.02 Å². The Morgan fingerprint density at radius 1 is 0.972 bits per heavy atom. The van der Waals surface area contributed by atoms with E-state index in [0.717, 1.165) is 15.3 Å². The Bertz CT molecular complexity index is 1310. The van der Waals surface area contributed by atoms with Crippen LogP contribution in [0.25, 0.3) is 0 Å². The molecule has 9 heteroatoms. The zero-order valence-electron chi connectivity index (χ0n) is 19.6. The zero-order valence-corrected chi connectivity index (χ0v) is 21.2. The molecule has 0 radical (unpaired) electrons. The highest BCUT2D eigenvalue weighted by molar-refractivity contribution is 7.11. The number of thiophene rings is 1. The van der Waals surface area contributed by atoms with Crippen LogP contribution in [-0.4, -0.2) is 28.3 Å². The maximum Gasteiger partial charge on any atom is 0.322 e. The average Bonchev–Trinajstić information content (AvgIpc) is 3.51. The normalized spacial score (nSPS) is 10.8. The second-order valence-electron chi connectivity index (χ2n) is 8.26. The highest BCUT2D eigenvalue weighted by atomic mass is 35.5. The molecular formula is C27H25ClFN3O3S. The van der Waals surface area contributed by atoms with E-state index in [4.69, 9.17) is 16.0 Å². The number of carbonyl (C=O) groups is 2. The van der Waals surface area contributed by atoms with Gasteiger partial charge in [0.1, 0.15) is 18.1 Å². The Labute approximate surface area is 217 Å². The van der Waals surface area contributed by atoms with Crippen LogP contribution in [0.1, 0.15) is 21.1 Å². The van der Waals surface area contributed by atoms with Crippen LogP contribution in [0.4, 0.5) is 14.9 Å². The molecule has 0 aliphatic rings. The Morgan fingerprint density at radius 2 is 1.78 bits per heavy atom. The number of halogens is 2. The molecule has 6 nitrogen and oxygen atoms in total. The summed E-state index contributed by atoms with van der Waals surface area (Å²) in [5.41, 5.74) is 1.31. The number of amides is 3. The summed E-state index contributed by atoms with van der Waals surface area (Å²) in [5, 5.41) is 3.28. The number of benzene rings is 2. The van der Waals surface area contributed by atoms with Gasteiger partial charge in [-0.3, -0.25) is 4.79 Å². The lowest BCUT2D eigenvalue weighted by Gasteiger charge is -2.27. The van der Waals surface area contributed by atoms with Crippen molar-refractivity contribution in [3.63, 3.8) is 0 Å². The highest BCUT2D eigenvalue weighted by Crippen LogP contribution is 2.20. The summed E-state index contributed by atoms with van der Waals surface area (Å²) in [6.07, 6.45) is 1.52. The molecule has 0 aliphatic carbocycles. The molecule has 0 bridgehead atoms. The summed E-state index contributed by atoms with van der Waals surface area (Å²) in [7, 11) is 0. The first-order chi connectivity index (χ1) is 17.4. The maximum atomic E-state index is 13.6. The fraction of sp³-hybridized carbons (Fsp3) is 0.185. The van der Waals surface area contributed by atoms with Crippen molar-refractivity contribution in [1.82, 2.24) is 9.80 Å². The van der Waals surface area contributed by atoms with E-state index in [2.05, 4.69) is 5.32 Å². The Morgan fingerprint density at radius 3 is 2.44 bits per heavy atom. The minimum atomic E-state index is -0.462. The lowest BCUT2D eigenvalue weighted by molar-refractivity contribution is -0.133. The third-order valence-electron chi connectivity index (χ3n) is 5.40. The second-order valence-corrected chi connectivity index (χ2v) is 10.1. The molecule has 0 atom stereocenters. The molecule has 2 aromatic carbocycles. The molecule has 2 heterocycles. The number of urea groups is 1. The van der Waals surface area contributed by atoms with E-state index in [1.54, 1.807) is 64.8 Å². The molecule has 0 spiro atoms. The number of rotatable bonds is 9. The maximum absolute atomic E-state index is 13.6. The monoisotopic (exact) mass is 525 g/mol. The molecule has 186 valence electrons. The molecule has 0 aliphatic heterocycles. The van der Waals surface area contributed by atoms with Crippen molar-refractivity contribution in [1.29, 1.82) is 0 Å². The van der Waals surface area contributed by atoms with Crippen molar-refractivity contribution in [3.8, 4) is 0 Å². The molecule has 1 N–H and O–H groups in total. The molecule has 4 aromatic rings. The number of furan rings is 1. The molecule has 36 heavy (non-hydrogen) atoms. The first-order valence-electron chi connectivity index (χ1n) is 11.3. The minimum Gasteiger partial charge on any atom is -0.467 e. The van der Waals surface area contributed by atoms with E-state index in [9.17, 15) is 14.0 Å². The highest BCUT2D eigenvalue weighted by Gasteiger charge is 2.23. The van der Waals surface area contributed by atoms with Crippen molar-refractivity contribution >= 4 is 40.6 Å². The summed E-state index contributed by atoms with van der Waals surface area (Å²) in [5.74, 6) is -0.0472. The number of aryl methyl sites for hydroxylation is 1. The second kappa shape index (κ2) is 11.9. The Balaban J connectivity index is 1.54. The van der Waals surface area contributed by atoms with Gasteiger partial charge in [-0.25, -0.2) is 9.18 Å². The van der Waals surface area contributed by atoms with Gasteiger partial charge in [0.25, 0.3) is 0 Å². The van der Waals surface area contributed by atoms with Crippen molar-refractivity contribution in [2.45, 2.75) is 26.6 Å². The van der Waals surface area contributed by atoms with E-state index in [1.165, 1.54) is 23.3 Å². The lowest BCUT2D eigenvalue weighted by atomic mass is 10.2. The summed E-state index contributed by atoms with van der Waals surface area (Å²) in [6, 6.07) is 19.8. The quantitative estimate of drug-likeness (QED) is 0.264. The van der Waals surface area contributed by atoms with E-state index in [1.807, 2.05) is 19.1 Å². The van der Waals surface area contributed by atoms with Gasteiger partial charge in [0.05, 0.1) is 19.4 Å². The van der Waals surface area contributed by atoms with Crippen molar-refractivity contribution < 1.29 is 18.4 Å². The van der Waals surface area contributed by atoms with Gasteiger partial charge in [0.15, 0.2) is 0 Å². The molecule has 0 saturated heterocycles. The van der Waals surface area contributed by atoms with Crippen LogP contribution < -0.4 is 5.32 Å². The van der Waals surface area contributed by atoms with Gasteiger partial charge in [-0.2, -0.15) is 0 Å². The summed E-state index contributed by atoms with van der Waals surface area (Å²) in [6.45, 7) is 2.58. The Hall–Kier alpha value is -3.62. The van der Waals surface area contributed by atoms with Crippen molar-refractivity contribution in [2.24, 2.45) is 0 Å². The molecule has 3 amide bonds. The van der Waals surface area contributed by atoms with E-state index in [-0.39, 0.29) is 31.4 Å². The molecule has 0 unspecified atom stereocenters. The van der Waals surface area contributed by atoms with Gasteiger partial charge in [-0.1, -0.05) is 29.8 Å². The van der Waals surface area contributed by atoms with Crippen LogP contribution >= 0.6 is 22.9 Å². The first kappa shape index (κ1) is 25.5. The van der Waals surface area contributed by atoms with Crippen molar-refractivity contribution in [3.05, 3.63) is 111 Å². The summed E-state index contributed by atoms with van der Waals surface area (Å²) >= 11 is 7.66. The fourth-order valence-corrected chi connectivity index (χ4v) is 4.72. The fourth-order valence-electron chi connectivity index (χ4n) is 3.62. The van der Waals surface area contributed by atoms with Gasteiger partial charge >= 0.3 is 6.03 Å². The predicted octanol–water partition coefficient (Wildman–Crippen LogP) is 6.71. The van der Waals surface area contributed by atoms with Crippen LogP contribution in [-0.2, 0) is 24.4 Å². The third kappa shape index (κ3) is 7.19. The number of hydrogen-bond donors (Lipinski definition) is 1. The van der Waals surface area contributed by atoms with Crippen molar-refractivity contribution in [2.75, 3.05) is 11.9 Å². The molecule has 2 aromatic heterocycles. The number of carbonyl (C=O) groups excluding carboxylic acids is 2. The van der Waals surface area contributed by atoms with Crippen LogP contribution in [0.3, 0.4) is 0 Å². The van der Waals surface area contributed by atoms with E-state index in [0.29, 0.717) is 23.0 Å². The largest absolute Gasteiger partial charge is 0.467 e. The van der Waals surface area contributed by atoms with Gasteiger partial charge < -0.3 is 19.5 Å². The molecular weight excluding hydrogens is 501 g/mol. The Kier molecular flexibility index (Phi) is 8.40. The number of nitrogens with one attached hydrogen (secondary N) is 1. The molecule has 4 rings (SSSR count). The van der Waals surface area contributed by atoms with Gasteiger partial charge in [0.2, 0.25) is 5.91 Å². The van der Waals surface area contributed by atoms with Crippen LogP contribution in [0, 0.1) is 12.7 Å².